The van der Waals surface area contributed by atoms with E-state index in [1.807, 2.05) is 42.5 Å². The second-order valence-corrected chi connectivity index (χ2v) is 17.0. The molecule has 3 aromatic carbocycles. The number of ether oxygens (including phenoxy) is 3. The molecule has 1 spiro atoms. The van der Waals surface area contributed by atoms with Crippen molar-refractivity contribution in [2.24, 2.45) is 5.92 Å². The van der Waals surface area contributed by atoms with Crippen molar-refractivity contribution < 1.29 is 34.0 Å². The fraction of sp³-hybridized carbons (Fsp3) is 0.412. The molecule has 0 unspecified atom stereocenters. The van der Waals surface area contributed by atoms with Crippen molar-refractivity contribution in [3.05, 3.63) is 77.9 Å². The van der Waals surface area contributed by atoms with E-state index in [2.05, 4.69) is 37.5 Å². The summed E-state index contributed by atoms with van der Waals surface area (Å²) in [6, 6.07) is 21.1. The van der Waals surface area contributed by atoms with Crippen LogP contribution < -0.4 is 24.9 Å². The molecule has 3 N–H and O–H groups in total. The predicted octanol–water partition coefficient (Wildman–Crippen LogP) is 4.17. The van der Waals surface area contributed by atoms with Crippen LogP contribution in [-0.4, -0.2) is 63.1 Å². The molecule has 0 radical (unpaired) electrons. The number of fused-ring (bicyclic) bond motifs is 2. The fourth-order valence-corrected chi connectivity index (χ4v) is 11.2. The summed E-state index contributed by atoms with van der Waals surface area (Å²) in [5, 5.41) is 23.6. The van der Waals surface area contributed by atoms with Crippen LogP contribution in [0.3, 0.4) is 0 Å². The van der Waals surface area contributed by atoms with Gasteiger partial charge in [-0.15, -0.1) is 0 Å². The summed E-state index contributed by atoms with van der Waals surface area (Å²) in [6.07, 6.45) is -1.01. The largest absolute Gasteiger partial charge is 0.497 e. The van der Waals surface area contributed by atoms with Gasteiger partial charge in [0.05, 0.1) is 40.6 Å². The Balaban J connectivity index is 1.53. The SMILES string of the molecule is COc1ccc([Si](C)(C)[C@@H]2[C@@H](CCO)O[C@]3(C(=O)N(Cc4ccc(NC(=O)[C@H](C)O)cc4)c4ccc(OC)cc43)[C@H]2C)cc1. The molecule has 0 saturated carbocycles. The molecule has 0 aliphatic carbocycles. The highest BCUT2D eigenvalue weighted by molar-refractivity contribution is 6.91. The van der Waals surface area contributed by atoms with E-state index in [0.717, 1.165) is 22.6 Å². The minimum atomic E-state index is -2.28. The zero-order valence-corrected chi connectivity index (χ0v) is 27.2. The number of aliphatic hydroxyl groups excluding tert-OH is 2. The lowest BCUT2D eigenvalue weighted by Gasteiger charge is -2.37. The monoisotopic (exact) mass is 618 g/mol. The highest BCUT2D eigenvalue weighted by Crippen LogP contribution is 2.60. The summed E-state index contributed by atoms with van der Waals surface area (Å²) >= 11 is 0. The number of carbonyl (C=O) groups is 2. The molecule has 234 valence electrons. The topological polar surface area (TPSA) is 118 Å². The molecule has 0 aromatic heterocycles. The number of hydrogen-bond donors (Lipinski definition) is 3. The molecule has 10 heteroatoms. The molecule has 2 heterocycles. The second kappa shape index (κ2) is 12.4. The van der Waals surface area contributed by atoms with Crippen LogP contribution in [0, 0.1) is 5.92 Å². The van der Waals surface area contributed by atoms with Crippen molar-refractivity contribution >= 4 is 36.4 Å². The number of amides is 2. The molecule has 2 aliphatic heterocycles. The Bertz CT molecular complexity index is 1510. The first-order valence-corrected chi connectivity index (χ1v) is 18.1. The maximum Gasteiger partial charge on any atom is 0.264 e. The number of methoxy groups -OCH3 is 2. The Kier molecular flexibility index (Phi) is 8.91. The summed E-state index contributed by atoms with van der Waals surface area (Å²) in [7, 11) is 0.977. The number of benzene rings is 3. The first kappa shape index (κ1) is 31.7. The normalized spacial score (nSPS) is 23.5. The van der Waals surface area contributed by atoms with Crippen molar-refractivity contribution in [1.82, 2.24) is 0 Å². The lowest BCUT2D eigenvalue weighted by molar-refractivity contribution is -0.146. The third-order valence-electron chi connectivity index (χ3n) is 9.40. The van der Waals surface area contributed by atoms with Gasteiger partial charge in [0.1, 0.15) is 17.6 Å². The number of nitrogens with one attached hydrogen (secondary N) is 1. The highest BCUT2D eigenvalue weighted by Gasteiger charge is 2.66. The van der Waals surface area contributed by atoms with Crippen molar-refractivity contribution in [3.8, 4) is 11.5 Å². The Morgan fingerprint density at radius 3 is 2.27 bits per heavy atom. The van der Waals surface area contributed by atoms with Gasteiger partial charge in [0, 0.05) is 23.8 Å². The minimum absolute atomic E-state index is 0.0304. The van der Waals surface area contributed by atoms with E-state index in [4.69, 9.17) is 14.2 Å². The van der Waals surface area contributed by atoms with Crippen molar-refractivity contribution in [2.75, 3.05) is 31.0 Å². The Morgan fingerprint density at radius 1 is 1.05 bits per heavy atom. The van der Waals surface area contributed by atoms with Crippen LogP contribution in [0.15, 0.2) is 66.7 Å². The molecule has 1 saturated heterocycles. The predicted molar refractivity (Wildman–Crippen MR) is 172 cm³/mol. The minimum Gasteiger partial charge on any atom is -0.497 e. The lowest BCUT2D eigenvalue weighted by atomic mass is 9.82. The summed E-state index contributed by atoms with van der Waals surface area (Å²) in [5.74, 6) is 0.617. The van der Waals surface area contributed by atoms with Crippen molar-refractivity contribution in [1.29, 1.82) is 0 Å². The van der Waals surface area contributed by atoms with Crippen LogP contribution in [0.5, 0.6) is 11.5 Å². The van der Waals surface area contributed by atoms with Gasteiger partial charge in [-0.1, -0.05) is 49.5 Å². The molecule has 9 nitrogen and oxygen atoms in total. The van der Waals surface area contributed by atoms with Crippen molar-refractivity contribution in [2.45, 2.75) is 63.3 Å². The van der Waals surface area contributed by atoms with E-state index in [1.165, 1.54) is 12.1 Å². The molecule has 44 heavy (non-hydrogen) atoms. The summed E-state index contributed by atoms with van der Waals surface area (Å²) in [6.45, 7) is 8.40. The maximum atomic E-state index is 14.7. The van der Waals surface area contributed by atoms with Crippen LogP contribution in [-0.2, 0) is 26.5 Å². The smallest absolute Gasteiger partial charge is 0.264 e. The molecule has 3 aromatic rings. The number of rotatable bonds is 10. The van der Waals surface area contributed by atoms with E-state index >= 15 is 0 Å². The maximum absolute atomic E-state index is 14.7. The summed E-state index contributed by atoms with van der Waals surface area (Å²) in [5.41, 5.74) is 1.76. The van der Waals surface area contributed by atoms with Crippen LogP contribution in [0.4, 0.5) is 11.4 Å². The Hall–Kier alpha value is -3.70. The van der Waals surface area contributed by atoms with E-state index < -0.39 is 25.7 Å². The van der Waals surface area contributed by atoms with Gasteiger partial charge in [0.25, 0.3) is 11.8 Å². The van der Waals surface area contributed by atoms with E-state index in [1.54, 1.807) is 31.3 Å². The average molecular weight is 619 g/mol. The summed E-state index contributed by atoms with van der Waals surface area (Å²) < 4.78 is 18.0. The van der Waals surface area contributed by atoms with Crippen LogP contribution in [0.1, 0.15) is 31.4 Å². The van der Waals surface area contributed by atoms with Crippen LogP contribution >= 0.6 is 0 Å². The molecule has 2 aliphatic rings. The van der Waals surface area contributed by atoms with Crippen molar-refractivity contribution in [3.63, 3.8) is 0 Å². The number of hydrogen-bond acceptors (Lipinski definition) is 7. The second-order valence-electron chi connectivity index (χ2n) is 12.3. The van der Waals surface area contributed by atoms with Gasteiger partial charge in [-0.2, -0.15) is 0 Å². The molecule has 0 bridgehead atoms. The van der Waals surface area contributed by atoms with Gasteiger partial charge in [0.15, 0.2) is 5.60 Å². The molecular formula is C34H42N2O7Si. The average Bonchev–Trinajstić information content (AvgIpc) is 3.44. The molecular weight excluding hydrogens is 576 g/mol. The lowest BCUT2D eigenvalue weighted by Crippen LogP contribution is -2.51. The quantitative estimate of drug-likeness (QED) is 0.292. The Morgan fingerprint density at radius 2 is 1.68 bits per heavy atom. The number of nitrogens with zero attached hydrogens (tertiary/aromatic N) is 1. The van der Waals surface area contributed by atoms with Gasteiger partial charge in [-0.25, -0.2) is 0 Å². The fourth-order valence-electron chi connectivity index (χ4n) is 7.10. The van der Waals surface area contributed by atoms with Gasteiger partial charge >= 0.3 is 0 Å². The Labute approximate surface area is 259 Å². The van der Waals surface area contributed by atoms with E-state index in [9.17, 15) is 19.8 Å². The van der Waals surface area contributed by atoms with Gasteiger partial charge < -0.3 is 34.6 Å². The number of carbonyl (C=O) groups excluding carboxylic acids is 2. The van der Waals surface area contributed by atoms with Gasteiger partial charge in [-0.3, -0.25) is 9.59 Å². The summed E-state index contributed by atoms with van der Waals surface area (Å²) in [4.78, 5) is 28.4. The third kappa shape index (κ3) is 5.40. The van der Waals surface area contributed by atoms with Gasteiger partial charge in [0.2, 0.25) is 0 Å². The molecule has 1 fully saturated rings. The zero-order valence-electron chi connectivity index (χ0n) is 26.2. The first-order valence-electron chi connectivity index (χ1n) is 15.0. The third-order valence-corrected chi connectivity index (χ3v) is 13.8. The van der Waals surface area contributed by atoms with Crippen LogP contribution in [0.2, 0.25) is 18.6 Å². The number of aliphatic hydroxyl groups is 2. The standard InChI is InChI=1S/C34H42N2O7Si/c1-21-31(44(5,6)27-14-11-25(41-3)12-15-27)30(17-18-37)43-34(21)28-19-26(42-4)13-16-29(28)36(33(34)40)20-23-7-9-24(10-8-23)35-32(39)22(2)38/h7-16,19,21-22,30-31,37-38H,17-18,20H2,1-6H3,(H,35,39)/t21-,22-,30+,31-,34+/m0/s1. The number of anilines is 2. The van der Waals surface area contributed by atoms with Gasteiger partial charge in [-0.05, 0) is 66.9 Å². The molecule has 2 amide bonds. The van der Waals surface area contributed by atoms with E-state index in [-0.39, 0.29) is 30.1 Å². The highest BCUT2D eigenvalue weighted by atomic mass is 28.3. The molecule has 5 rings (SSSR count). The molecule has 5 atom stereocenters. The zero-order chi connectivity index (χ0) is 31.8. The first-order chi connectivity index (χ1) is 21.0. The van der Waals surface area contributed by atoms with Crippen LogP contribution in [0.25, 0.3) is 0 Å². The van der Waals surface area contributed by atoms with E-state index in [0.29, 0.717) is 24.4 Å².